The number of nitrogens with one attached hydrogen (secondary N) is 1. The quantitative estimate of drug-likeness (QED) is 0.829. The summed E-state index contributed by atoms with van der Waals surface area (Å²) in [5.74, 6) is -1.73. The van der Waals surface area contributed by atoms with Gasteiger partial charge < -0.3 is 10.4 Å². The first kappa shape index (κ1) is 18.2. The van der Waals surface area contributed by atoms with E-state index in [2.05, 4.69) is 5.32 Å². The molecule has 0 heterocycles. The van der Waals surface area contributed by atoms with E-state index in [0.717, 1.165) is 6.26 Å². The molecule has 0 aromatic heterocycles. The van der Waals surface area contributed by atoms with Crippen molar-refractivity contribution in [3.05, 3.63) is 29.3 Å². The summed E-state index contributed by atoms with van der Waals surface area (Å²) in [6.45, 7) is 4.89. The third kappa shape index (κ3) is 4.07. The van der Waals surface area contributed by atoms with Gasteiger partial charge >= 0.3 is 5.97 Å². The molecule has 1 amide bonds. The van der Waals surface area contributed by atoms with Crippen LogP contribution in [0.3, 0.4) is 0 Å². The lowest BCUT2D eigenvalue weighted by atomic mass is 9.95. The molecule has 0 bridgehead atoms. The highest BCUT2D eigenvalue weighted by Crippen LogP contribution is 2.19. The summed E-state index contributed by atoms with van der Waals surface area (Å²) in [7, 11) is -3.46. The van der Waals surface area contributed by atoms with Crippen molar-refractivity contribution in [1.29, 1.82) is 0 Å². The van der Waals surface area contributed by atoms with Gasteiger partial charge in [-0.2, -0.15) is 0 Å². The molecule has 122 valence electrons. The molecule has 2 N–H and O–H groups in total. The van der Waals surface area contributed by atoms with Crippen molar-refractivity contribution in [3.8, 4) is 0 Å². The van der Waals surface area contributed by atoms with Gasteiger partial charge in [-0.1, -0.05) is 19.4 Å². The molecule has 0 aliphatic rings. The Balaban J connectivity index is 3.17. The van der Waals surface area contributed by atoms with Crippen molar-refractivity contribution < 1.29 is 23.1 Å². The molecule has 1 aromatic carbocycles. The highest BCUT2D eigenvalue weighted by molar-refractivity contribution is 7.90. The number of benzene rings is 1. The van der Waals surface area contributed by atoms with Crippen LogP contribution in [0.4, 0.5) is 0 Å². The Morgan fingerprint density at radius 1 is 1.32 bits per heavy atom. The molecular formula is C15H21NO5S. The van der Waals surface area contributed by atoms with Gasteiger partial charge in [0, 0.05) is 11.8 Å². The van der Waals surface area contributed by atoms with Crippen molar-refractivity contribution in [2.75, 3.05) is 6.26 Å². The molecule has 6 nitrogen and oxygen atoms in total. The van der Waals surface area contributed by atoms with E-state index in [4.69, 9.17) is 0 Å². The Morgan fingerprint density at radius 2 is 1.91 bits per heavy atom. The average molecular weight is 327 g/mol. The number of hydrogen-bond acceptors (Lipinski definition) is 4. The lowest BCUT2D eigenvalue weighted by molar-refractivity contribution is -0.144. The number of aliphatic carboxylic acids is 1. The molecular weight excluding hydrogens is 306 g/mol. The van der Waals surface area contributed by atoms with Crippen LogP contribution in [0.1, 0.15) is 42.6 Å². The summed E-state index contributed by atoms with van der Waals surface area (Å²) in [6.07, 6.45) is 1.93. The van der Waals surface area contributed by atoms with E-state index in [-0.39, 0.29) is 16.9 Å². The van der Waals surface area contributed by atoms with Crippen molar-refractivity contribution in [2.45, 2.75) is 44.0 Å². The van der Waals surface area contributed by atoms with Gasteiger partial charge in [-0.25, -0.2) is 13.2 Å². The minimum absolute atomic E-state index is 0.0627. The lowest BCUT2D eigenvalue weighted by Gasteiger charge is -2.25. The van der Waals surface area contributed by atoms with Gasteiger partial charge in [0.1, 0.15) is 5.54 Å². The Labute approximate surface area is 130 Å². The first-order chi connectivity index (χ1) is 10.0. The van der Waals surface area contributed by atoms with Crippen molar-refractivity contribution in [1.82, 2.24) is 5.32 Å². The molecule has 1 atom stereocenters. The maximum atomic E-state index is 12.3. The van der Waals surface area contributed by atoms with E-state index in [9.17, 15) is 23.1 Å². The van der Waals surface area contributed by atoms with E-state index in [1.165, 1.54) is 25.1 Å². The Morgan fingerprint density at radius 3 is 2.36 bits per heavy atom. The maximum absolute atomic E-state index is 12.3. The van der Waals surface area contributed by atoms with Crippen LogP contribution in [0, 0.1) is 6.92 Å². The number of hydrogen-bond donors (Lipinski definition) is 2. The van der Waals surface area contributed by atoms with E-state index in [1.807, 2.05) is 6.92 Å². The van der Waals surface area contributed by atoms with Gasteiger partial charge in [-0.15, -0.1) is 0 Å². The van der Waals surface area contributed by atoms with Gasteiger partial charge in [-0.3, -0.25) is 4.79 Å². The first-order valence-electron chi connectivity index (χ1n) is 6.88. The monoisotopic (exact) mass is 327 g/mol. The molecule has 7 heteroatoms. The van der Waals surface area contributed by atoms with Gasteiger partial charge in [0.05, 0.1) is 4.90 Å². The summed E-state index contributed by atoms with van der Waals surface area (Å²) in [5, 5.41) is 11.8. The number of carbonyl (C=O) groups excluding carboxylic acids is 1. The summed E-state index contributed by atoms with van der Waals surface area (Å²) < 4.78 is 23.4. The summed E-state index contributed by atoms with van der Waals surface area (Å²) in [6, 6.07) is 4.28. The van der Waals surface area contributed by atoms with Crippen LogP contribution in [0.2, 0.25) is 0 Å². The average Bonchev–Trinajstić information content (AvgIpc) is 2.37. The second-order valence-electron chi connectivity index (χ2n) is 5.59. The third-order valence-electron chi connectivity index (χ3n) is 3.46. The molecule has 0 spiro atoms. The van der Waals surface area contributed by atoms with Gasteiger partial charge in [0.15, 0.2) is 9.84 Å². The molecule has 1 rings (SSSR count). The fourth-order valence-electron chi connectivity index (χ4n) is 2.19. The first-order valence-corrected chi connectivity index (χ1v) is 8.77. The number of amides is 1. The minimum atomic E-state index is -3.46. The number of carbonyl (C=O) groups is 2. The van der Waals surface area contributed by atoms with Gasteiger partial charge in [0.25, 0.3) is 5.91 Å². The molecule has 22 heavy (non-hydrogen) atoms. The van der Waals surface area contributed by atoms with Gasteiger partial charge in [-0.05, 0) is 38.0 Å². The van der Waals surface area contributed by atoms with E-state index >= 15 is 0 Å². The summed E-state index contributed by atoms with van der Waals surface area (Å²) in [4.78, 5) is 23.7. The second kappa shape index (κ2) is 6.48. The Kier molecular flexibility index (Phi) is 5.35. The molecule has 0 saturated heterocycles. The topological polar surface area (TPSA) is 101 Å². The van der Waals surface area contributed by atoms with Crippen molar-refractivity contribution in [2.24, 2.45) is 0 Å². The smallest absolute Gasteiger partial charge is 0.329 e. The zero-order valence-corrected chi connectivity index (χ0v) is 14.0. The lowest BCUT2D eigenvalue weighted by Crippen LogP contribution is -2.52. The predicted molar refractivity (Wildman–Crippen MR) is 82.7 cm³/mol. The number of aryl methyl sites for hydroxylation is 1. The maximum Gasteiger partial charge on any atom is 0.329 e. The predicted octanol–water partition coefficient (Wildman–Crippen LogP) is 1.77. The molecule has 1 aromatic rings. The Bertz CT molecular complexity index is 696. The van der Waals surface area contributed by atoms with E-state index in [1.54, 1.807) is 6.92 Å². The number of carboxylic acids is 1. The molecule has 0 aliphatic heterocycles. The van der Waals surface area contributed by atoms with Crippen LogP contribution in [-0.2, 0) is 14.6 Å². The van der Waals surface area contributed by atoms with Crippen LogP contribution in [0.15, 0.2) is 23.1 Å². The number of carboxylic acid groups (broad SMARTS) is 1. The zero-order valence-electron chi connectivity index (χ0n) is 13.1. The molecule has 0 saturated carbocycles. The van der Waals surface area contributed by atoms with Crippen LogP contribution >= 0.6 is 0 Å². The van der Waals surface area contributed by atoms with Crippen molar-refractivity contribution in [3.63, 3.8) is 0 Å². The van der Waals surface area contributed by atoms with E-state index < -0.39 is 27.3 Å². The third-order valence-corrected chi connectivity index (χ3v) is 4.70. The molecule has 0 aliphatic carbocycles. The van der Waals surface area contributed by atoms with Crippen LogP contribution in [0.5, 0.6) is 0 Å². The fourth-order valence-corrected chi connectivity index (χ4v) is 3.18. The summed E-state index contributed by atoms with van der Waals surface area (Å²) >= 11 is 0. The number of rotatable bonds is 6. The minimum Gasteiger partial charge on any atom is -0.480 e. The SMILES string of the molecule is CCCC(C)(NC(=O)c1ccc(C)c(S(C)(=O)=O)c1)C(=O)O. The van der Waals surface area contributed by atoms with Crippen molar-refractivity contribution >= 4 is 21.7 Å². The summed E-state index contributed by atoms with van der Waals surface area (Å²) in [5.41, 5.74) is -0.731. The molecule has 0 radical (unpaired) electrons. The highest BCUT2D eigenvalue weighted by atomic mass is 32.2. The normalized spacial score (nSPS) is 14.2. The molecule has 0 fully saturated rings. The van der Waals surface area contributed by atoms with Crippen LogP contribution < -0.4 is 5.32 Å². The highest BCUT2D eigenvalue weighted by Gasteiger charge is 2.34. The van der Waals surface area contributed by atoms with E-state index in [0.29, 0.717) is 12.0 Å². The zero-order chi connectivity index (χ0) is 17.1. The fraction of sp³-hybridized carbons (Fsp3) is 0.467. The van der Waals surface area contributed by atoms with Crippen LogP contribution in [-0.4, -0.2) is 37.2 Å². The Hall–Kier alpha value is -1.89. The molecule has 1 unspecified atom stereocenters. The number of sulfone groups is 1. The second-order valence-corrected chi connectivity index (χ2v) is 7.58. The van der Waals surface area contributed by atoms with Gasteiger partial charge in [0.2, 0.25) is 0 Å². The standard InChI is InChI=1S/C15H21NO5S/c1-5-8-15(3,14(18)19)16-13(17)11-7-6-10(2)12(9-11)22(4,20)21/h6-7,9H,5,8H2,1-4H3,(H,16,17)(H,18,19). The largest absolute Gasteiger partial charge is 0.480 e. The van der Waals surface area contributed by atoms with Crippen LogP contribution in [0.25, 0.3) is 0 Å².